The average Bonchev–Trinajstić information content (AvgIpc) is 2.52. The highest BCUT2D eigenvalue weighted by Gasteiger charge is 2.04. The Hall–Kier alpha value is -1.00. The average molecular weight is 322 g/mol. The van der Waals surface area contributed by atoms with Crippen LogP contribution in [0.25, 0.3) is 0 Å². The summed E-state index contributed by atoms with van der Waals surface area (Å²) in [5.74, 6) is 0.884. The maximum absolute atomic E-state index is 6.21. The van der Waals surface area contributed by atoms with E-state index in [0.717, 1.165) is 30.5 Å². The first kappa shape index (κ1) is 16.4. The van der Waals surface area contributed by atoms with E-state index in [9.17, 15) is 0 Å². The van der Waals surface area contributed by atoms with Gasteiger partial charge in [0.2, 0.25) is 0 Å². The van der Waals surface area contributed by atoms with Gasteiger partial charge in [-0.1, -0.05) is 48.0 Å². The second-order valence-corrected chi connectivity index (χ2v) is 6.08. The molecule has 2 nitrogen and oxygen atoms in total. The third kappa shape index (κ3) is 5.36. The number of benzene rings is 2. The zero-order chi connectivity index (χ0) is 14.9. The number of hydrogen-bond acceptors (Lipinski definition) is 3. The zero-order valence-corrected chi connectivity index (χ0v) is 13.7. The number of rotatable bonds is 8. The van der Waals surface area contributed by atoms with E-state index >= 15 is 0 Å². The highest BCUT2D eigenvalue weighted by atomic mass is 35.5. The molecular weight excluding hydrogens is 302 g/mol. The lowest BCUT2D eigenvalue weighted by atomic mass is 10.2. The maximum Gasteiger partial charge on any atom is 0.0587 e. The van der Waals surface area contributed by atoms with Crippen LogP contribution in [-0.2, 0) is 17.0 Å². The smallest absolute Gasteiger partial charge is 0.0587 e. The van der Waals surface area contributed by atoms with E-state index in [0.29, 0.717) is 0 Å². The van der Waals surface area contributed by atoms with Crippen LogP contribution in [0.5, 0.6) is 0 Å². The molecule has 0 aliphatic rings. The lowest BCUT2D eigenvalue weighted by Crippen LogP contribution is -2.18. The molecule has 0 fully saturated rings. The molecule has 2 rings (SSSR count). The zero-order valence-electron chi connectivity index (χ0n) is 12.1. The van der Waals surface area contributed by atoms with Gasteiger partial charge in [-0.2, -0.15) is 0 Å². The van der Waals surface area contributed by atoms with Gasteiger partial charge in [-0.05, 0) is 23.3 Å². The van der Waals surface area contributed by atoms with Crippen LogP contribution in [0.15, 0.2) is 53.4 Å². The van der Waals surface area contributed by atoms with E-state index in [1.165, 1.54) is 16.0 Å². The molecule has 0 atom stereocenters. The summed E-state index contributed by atoms with van der Waals surface area (Å²) in [6.45, 7) is 2.45. The van der Waals surface area contributed by atoms with Crippen molar-refractivity contribution in [2.24, 2.45) is 0 Å². The first-order chi connectivity index (χ1) is 10.3. The summed E-state index contributed by atoms with van der Waals surface area (Å²) in [5.41, 5.74) is 2.48. The van der Waals surface area contributed by atoms with Gasteiger partial charge >= 0.3 is 0 Å². The minimum Gasteiger partial charge on any atom is -0.383 e. The van der Waals surface area contributed by atoms with E-state index in [-0.39, 0.29) is 0 Å². The van der Waals surface area contributed by atoms with E-state index < -0.39 is 0 Å². The predicted octanol–water partition coefficient (Wildman–Crippen LogP) is 4.37. The monoisotopic (exact) mass is 321 g/mol. The summed E-state index contributed by atoms with van der Waals surface area (Å²) in [7, 11) is 1.72. The first-order valence-corrected chi connectivity index (χ1v) is 8.31. The molecule has 0 heterocycles. The SMILES string of the molecule is COCCNCc1ccccc1SCc1ccccc1Cl. The normalized spacial score (nSPS) is 10.8. The molecule has 0 bridgehead atoms. The Morgan fingerprint density at radius 1 is 1.05 bits per heavy atom. The summed E-state index contributed by atoms with van der Waals surface area (Å²) in [4.78, 5) is 1.29. The molecule has 0 radical (unpaired) electrons. The number of hydrogen-bond donors (Lipinski definition) is 1. The Labute approximate surface area is 135 Å². The highest BCUT2D eigenvalue weighted by molar-refractivity contribution is 7.98. The lowest BCUT2D eigenvalue weighted by Gasteiger charge is -2.11. The van der Waals surface area contributed by atoms with Gasteiger partial charge in [-0.3, -0.25) is 0 Å². The minimum absolute atomic E-state index is 0.731. The Morgan fingerprint density at radius 2 is 1.76 bits per heavy atom. The molecule has 2 aromatic carbocycles. The molecule has 21 heavy (non-hydrogen) atoms. The van der Waals surface area contributed by atoms with Crippen LogP contribution in [0, 0.1) is 0 Å². The summed E-state index contributed by atoms with van der Waals surface area (Å²) in [6, 6.07) is 16.5. The van der Waals surface area contributed by atoms with Crippen LogP contribution in [-0.4, -0.2) is 20.3 Å². The molecule has 0 unspecified atom stereocenters. The fourth-order valence-corrected chi connectivity index (χ4v) is 3.30. The summed E-state index contributed by atoms with van der Waals surface area (Å²) >= 11 is 8.03. The fraction of sp³-hybridized carbons (Fsp3) is 0.294. The number of halogens is 1. The summed E-state index contributed by atoms with van der Waals surface area (Å²) < 4.78 is 5.05. The van der Waals surface area contributed by atoms with Crippen LogP contribution >= 0.6 is 23.4 Å². The quantitative estimate of drug-likeness (QED) is 0.576. The van der Waals surface area contributed by atoms with Crippen molar-refractivity contribution in [3.05, 3.63) is 64.7 Å². The van der Waals surface area contributed by atoms with Crippen molar-refractivity contribution in [1.29, 1.82) is 0 Å². The molecule has 4 heteroatoms. The van der Waals surface area contributed by atoms with Crippen LogP contribution in [0.1, 0.15) is 11.1 Å². The van der Waals surface area contributed by atoms with Gasteiger partial charge < -0.3 is 10.1 Å². The second-order valence-electron chi connectivity index (χ2n) is 4.66. The molecule has 112 valence electrons. The minimum atomic E-state index is 0.731. The Balaban J connectivity index is 1.95. The van der Waals surface area contributed by atoms with Gasteiger partial charge in [-0.25, -0.2) is 0 Å². The molecule has 2 aromatic rings. The molecule has 0 saturated carbocycles. The molecule has 0 amide bonds. The number of thioether (sulfide) groups is 1. The molecule has 0 aliphatic heterocycles. The molecule has 1 N–H and O–H groups in total. The molecule has 0 spiro atoms. The van der Waals surface area contributed by atoms with Gasteiger partial charge in [0, 0.05) is 35.9 Å². The molecule has 0 aliphatic carbocycles. The molecular formula is C17H20ClNOS. The fourth-order valence-electron chi connectivity index (χ4n) is 1.96. The van der Waals surface area contributed by atoms with E-state index in [1.54, 1.807) is 7.11 Å². The summed E-state index contributed by atoms with van der Waals surface area (Å²) in [6.07, 6.45) is 0. The Morgan fingerprint density at radius 3 is 2.52 bits per heavy atom. The van der Waals surface area contributed by atoms with Crippen molar-refractivity contribution in [3.8, 4) is 0 Å². The number of ether oxygens (including phenoxy) is 1. The van der Waals surface area contributed by atoms with E-state index in [4.69, 9.17) is 16.3 Å². The van der Waals surface area contributed by atoms with Gasteiger partial charge in [0.15, 0.2) is 0 Å². The Bertz CT molecular complexity index is 562. The first-order valence-electron chi connectivity index (χ1n) is 6.95. The van der Waals surface area contributed by atoms with E-state index in [1.807, 2.05) is 30.0 Å². The number of methoxy groups -OCH3 is 1. The van der Waals surface area contributed by atoms with Gasteiger partial charge in [0.25, 0.3) is 0 Å². The van der Waals surface area contributed by atoms with Crippen LogP contribution in [0.4, 0.5) is 0 Å². The third-order valence-electron chi connectivity index (χ3n) is 3.11. The van der Waals surface area contributed by atoms with Crippen molar-refractivity contribution in [2.75, 3.05) is 20.3 Å². The van der Waals surface area contributed by atoms with Gasteiger partial charge in [0.1, 0.15) is 0 Å². The standard InChI is InChI=1S/C17H20ClNOS/c1-20-11-10-19-12-14-6-3-5-9-17(14)21-13-15-7-2-4-8-16(15)18/h2-9,19H,10-13H2,1H3. The van der Waals surface area contributed by atoms with Gasteiger partial charge in [0.05, 0.1) is 6.61 Å². The highest BCUT2D eigenvalue weighted by Crippen LogP contribution is 2.28. The third-order valence-corrected chi connectivity index (χ3v) is 4.65. The van der Waals surface area contributed by atoms with Crippen molar-refractivity contribution in [2.45, 2.75) is 17.2 Å². The Kier molecular flexibility index (Phi) is 7.10. The lowest BCUT2D eigenvalue weighted by molar-refractivity contribution is 0.199. The topological polar surface area (TPSA) is 21.3 Å². The van der Waals surface area contributed by atoms with Gasteiger partial charge in [-0.15, -0.1) is 11.8 Å². The van der Waals surface area contributed by atoms with Crippen molar-refractivity contribution < 1.29 is 4.74 Å². The predicted molar refractivity (Wildman–Crippen MR) is 91.0 cm³/mol. The second kappa shape index (κ2) is 9.11. The largest absolute Gasteiger partial charge is 0.383 e. The molecule has 0 aromatic heterocycles. The van der Waals surface area contributed by atoms with Crippen LogP contribution in [0.2, 0.25) is 5.02 Å². The van der Waals surface area contributed by atoms with Crippen molar-refractivity contribution in [3.63, 3.8) is 0 Å². The molecule has 0 saturated heterocycles. The van der Waals surface area contributed by atoms with Crippen molar-refractivity contribution in [1.82, 2.24) is 5.32 Å². The van der Waals surface area contributed by atoms with Crippen LogP contribution in [0.3, 0.4) is 0 Å². The van der Waals surface area contributed by atoms with Crippen molar-refractivity contribution >= 4 is 23.4 Å². The maximum atomic E-state index is 6.21. The van der Waals surface area contributed by atoms with E-state index in [2.05, 4.69) is 35.6 Å². The number of nitrogens with one attached hydrogen (secondary N) is 1. The van der Waals surface area contributed by atoms with Crippen LogP contribution < -0.4 is 5.32 Å². The summed E-state index contributed by atoms with van der Waals surface area (Å²) in [5, 5.41) is 4.22.